The van der Waals surface area contributed by atoms with Crippen molar-refractivity contribution in [1.29, 1.82) is 0 Å². The summed E-state index contributed by atoms with van der Waals surface area (Å²) in [4.78, 5) is 16.0. The van der Waals surface area contributed by atoms with Crippen molar-refractivity contribution >= 4 is 28.5 Å². The van der Waals surface area contributed by atoms with Gasteiger partial charge < -0.3 is 14.6 Å². The highest BCUT2D eigenvalue weighted by atomic mass is 35.5. The maximum Gasteiger partial charge on any atom is 0.221 e. The number of imidazole rings is 1. The Kier molecular flexibility index (Phi) is 4.84. The molecule has 0 saturated heterocycles. The second-order valence-corrected chi connectivity index (χ2v) is 4.77. The highest BCUT2D eigenvalue weighted by Gasteiger charge is 2.12. The van der Waals surface area contributed by atoms with E-state index >= 15 is 0 Å². The summed E-state index contributed by atoms with van der Waals surface area (Å²) in [5.41, 5.74) is 1.86. The molecule has 0 bridgehead atoms. The zero-order chi connectivity index (χ0) is 14.5. The monoisotopic (exact) mass is 295 g/mol. The van der Waals surface area contributed by atoms with Crippen LogP contribution in [0.15, 0.2) is 18.2 Å². The number of hydrogen-bond acceptors (Lipinski definition) is 3. The van der Waals surface area contributed by atoms with Crippen LogP contribution in [0.3, 0.4) is 0 Å². The quantitative estimate of drug-likeness (QED) is 0.829. The van der Waals surface area contributed by atoms with Gasteiger partial charge in [-0.2, -0.15) is 0 Å². The topological polar surface area (TPSA) is 56.2 Å². The first kappa shape index (κ1) is 14.7. The Hall–Kier alpha value is -1.75. The third-order valence-corrected chi connectivity index (χ3v) is 3.38. The number of rotatable bonds is 6. The fraction of sp³-hybridized carbons (Fsp3) is 0.429. The average molecular weight is 296 g/mol. The molecule has 108 valence electrons. The number of aromatic nitrogens is 2. The Labute approximate surface area is 122 Å². The van der Waals surface area contributed by atoms with Crippen molar-refractivity contribution in [1.82, 2.24) is 14.9 Å². The van der Waals surface area contributed by atoms with Crippen LogP contribution in [0.4, 0.5) is 0 Å². The molecular weight excluding hydrogens is 278 g/mol. The number of alkyl halides is 1. The lowest BCUT2D eigenvalue weighted by molar-refractivity contribution is -0.120. The largest absolute Gasteiger partial charge is 0.497 e. The Morgan fingerprint density at radius 1 is 1.50 bits per heavy atom. The van der Waals surface area contributed by atoms with Crippen molar-refractivity contribution < 1.29 is 9.53 Å². The molecule has 0 radical (unpaired) electrons. The van der Waals surface area contributed by atoms with Crippen LogP contribution in [-0.2, 0) is 17.8 Å². The van der Waals surface area contributed by atoms with E-state index in [1.807, 2.05) is 22.8 Å². The molecule has 0 aliphatic rings. The van der Waals surface area contributed by atoms with Crippen LogP contribution in [0.5, 0.6) is 5.75 Å². The van der Waals surface area contributed by atoms with Gasteiger partial charge in [-0.15, -0.1) is 11.6 Å². The molecule has 1 heterocycles. The third kappa shape index (κ3) is 3.04. The third-order valence-electron chi connectivity index (χ3n) is 3.19. The molecule has 2 aromatic rings. The molecule has 1 N–H and O–H groups in total. The molecule has 2 rings (SSSR count). The summed E-state index contributed by atoms with van der Waals surface area (Å²) in [7, 11) is 3.27. The van der Waals surface area contributed by atoms with E-state index in [1.54, 1.807) is 14.2 Å². The summed E-state index contributed by atoms with van der Waals surface area (Å²) in [5.74, 6) is 2.18. The van der Waals surface area contributed by atoms with E-state index in [0.717, 1.165) is 22.6 Å². The van der Waals surface area contributed by atoms with Crippen LogP contribution in [0, 0.1) is 0 Å². The first-order valence-corrected chi connectivity index (χ1v) is 7.02. The summed E-state index contributed by atoms with van der Waals surface area (Å²) >= 11 is 5.83. The first-order valence-electron chi connectivity index (χ1n) is 6.49. The highest BCUT2D eigenvalue weighted by molar-refractivity contribution is 6.17. The predicted molar refractivity (Wildman–Crippen MR) is 79.4 cm³/mol. The summed E-state index contributed by atoms with van der Waals surface area (Å²) in [6, 6.07) is 5.73. The number of nitrogens with zero attached hydrogens (tertiary/aromatic N) is 2. The van der Waals surface area contributed by atoms with Gasteiger partial charge in [-0.05, 0) is 12.1 Å². The maximum absolute atomic E-state index is 11.4. The number of ether oxygens (including phenoxy) is 1. The number of halogens is 1. The van der Waals surface area contributed by atoms with Crippen molar-refractivity contribution in [3.63, 3.8) is 0 Å². The minimum absolute atomic E-state index is 0.00608. The Bertz CT molecular complexity index is 610. The molecule has 5 nitrogen and oxygen atoms in total. The van der Waals surface area contributed by atoms with Gasteiger partial charge in [0.25, 0.3) is 0 Å². The molecular formula is C14H18ClN3O2. The molecule has 0 aliphatic carbocycles. The Morgan fingerprint density at radius 2 is 2.30 bits per heavy atom. The van der Waals surface area contributed by atoms with Crippen LogP contribution in [0.2, 0.25) is 0 Å². The lowest BCUT2D eigenvalue weighted by Crippen LogP contribution is -2.20. The molecule has 20 heavy (non-hydrogen) atoms. The van der Waals surface area contributed by atoms with Crippen molar-refractivity contribution in [2.24, 2.45) is 0 Å². The molecule has 0 fully saturated rings. The van der Waals surface area contributed by atoms with Crippen LogP contribution in [0.1, 0.15) is 12.2 Å². The number of benzene rings is 1. The Morgan fingerprint density at radius 3 is 2.95 bits per heavy atom. The highest BCUT2D eigenvalue weighted by Crippen LogP contribution is 2.22. The zero-order valence-corrected chi connectivity index (χ0v) is 12.4. The summed E-state index contributed by atoms with van der Waals surface area (Å²) < 4.78 is 7.28. The van der Waals surface area contributed by atoms with Gasteiger partial charge in [-0.1, -0.05) is 0 Å². The van der Waals surface area contributed by atoms with Gasteiger partial charge in [0.1, 0.15) is 11.6 Å². The molecule has 6 heteroatoms. The van der Waals surface area contributed by atoms with E-state index < -0.39 is 0 Å². The van der Waals surface area contributed by atoms with Gasteiger partial charge in [0.05, 0.1) is 18.1 Å². The van der Waals surface area contributed by atoms with Crippen molar-refractivity contribution in [3.8, 4) is 5.75 Å². The molecule has 0 unspecified atom stereocenters. The second kappa shape index (κ2) is 6.61. The number of hydrogen-bond donors (Lipinski definition) is 1. The van der Waals surface area contributed by atoms with Crippen molar-refractivity contribution in [2.45, 2.75) is 19.4 Å². The molecule has 0 aliphatic heterocycles. The maximum atomic E-state index is 11.4. The van der Waals surface area contributed by atoms with Gasteiger partial charge in [0, 0.05) is 38.4 Å². The minimum Gasteiger partial charge on any atom is -0.497 e. The smallest absolute Gasteiger partial charge is 0.221 e. The summed E-state index contributed by atoms with van der Waals surface area (Å²) in [6.07, 6.45) is 1.08. The predicted octanol–water partition coefficient (Wildman–Crippen LogP) is 1.96. The van der Waals surface area contributed by atoms with E-state index in [1.165, 1.54) is 0 Å². The Balaban J connectivity index is 2.40. The lowest BCUT2D eigenvalue weighted by Gasteiger charge is -2.08. The van der Waals surface area contributed by atoms with Gasteiger partial charge in [0.15, 0.2) is 0 Å². The molecule has 0 spiro atoms. The van der Waals surface area contributed by atoms with Gasteiger partial charge >= 0.3 is 0 Å². The standard InChI is InChI=1S/C14H18ClN3O2/c1-16-14(19)6-8-18-12-9-10(20-2)3-4-11(12)17-13(18)5-7-15/h3-4,9H,5-8H2,1-2H3,(H,16,19). The number of amides is 1. The van der Waals surface area contributed by atoms with Gasteiger partial charge in [0.2, 0.25) is 5.91 Å². The summed E-state index contributed by atoms with van der Waals surface area (Å²) in [6.45, 7) is 0.579. The summed E-state index contributed by atoms with van der Waals surface area (Å²) in [5, 5.41) is 2.63. The van der Waals surface area contributed by atoms with E-state index in [9.17, 15) is 4.79 Å². The number of nitrogens with one attached hydrogen (secondary N) is 1. The van der Waals surface area contributed by atoms with Crippen molar-refractivity contribution in [3.05, 3.63) is 24.0 Å². The molecule has 1 amide bonds. The molecule has 0 atom stereocenters. The van der Waals surface area contributed by atoms with Crippen LogP contribution in [0.25, 0.3) is 11.0 Å². The van der Waals surface area contributed by atoms with E-state index in [4.69, 9.17) is 16.3 Å². The molecule has 0 saturated carbocycles. The second-order valence-electron chi connectivity index (χ2n) is 4.40. The SMILES string of the molecule is CNC(=O)CCn1c(CCCl)nc2ccc(OC)cc21. The number of carbonyl (C=O) groups is 1. The fourth-order valence-corrected chi connectivity index (χ4v) is 2.31. The molecule has 1 aromatic heterocycles. The number of carbonyl (C=O) groups excluding carboxylic acids is 1. The van der Waals surface area contributed by atoms with Crippen LogP contribution in [-0.4, -0.2) is 35.5 Å². The van der Waals surface area contributed by atoms with Crippen LogP contribution >= 0.6 is 11.6 Å². The average Bonchev–Trinajstić information content (AvgIpc) is 2.81. The van der Waals surface area contributed by atoms with Crippen LogP contribution < -0.4 is 10.1 Å². The molecule has 1 aromatic carbocycles. The minimum atomic E-state index is 0.00608. The number of methoxy groups -OCH3 is 1. The lowest BCUT2D eigenvalue weighted by atomic mass is 10.3. The van der Waals surface area contributed by atoms with Gasteiger partial charge in [-0.3, -0.25) is 4.79 Å². The van der Waals surface area contributed by atoms with Gasteiger partial charge in [-0.25, -0.2) is 4.98 Å². The van der Waals surface area contributed by atoms with E-state index in [2.05, 4.69) is 10.3 Å². The van der Waals surface area contributed by atoms with Crippen molar-refractivity contribution in [2.75, 3.05) is 20.0 Å². The number of fused-ring (bicyclic) bond motifs is 1. The zero-order valence-electron chi connectivity index (χ0n) is 11.6. The first-order chi connectivity index (χ1) is 9.69. The van der Waals surface area contributed by atoms with E-state index in [0.29, 0.717) is 25.3 Å². The normalized spacial score (nSPS) is 10.8. The number of aryl methyl sites for hydroxylation is 2. The van der Waals surface area contributed by atoms with E-state index in [-0.39, 0.29) is 5.91 Å². The fourth-order valence-electron chi connectivity index (χ4n) is 2.14.